The predicted molar refractivity (Wildman–Crippen MR) is 88.0 cm³/mol. The molecule has 0 spiro atoms. The molecule has 2 unspecified atom stereocenters. The third-order valence-corrected chi connectivity index (χ3v) is 5.92. The van der Waals surface area contributed by atoms with Crippen LogP contribution in [0.3, 0.4) is 0 Å². The number of aromatic nitrogens is 1. The van der Waals surface area contributed by atoms with E-state index in [0.29, 0.717) is 11.9 Å². The van der Waals surface area contributed by atoms with Crippen molar-refractivity contribution in [3.05, 3.63) is 11.1 Å². The van der Waals surface area contributed by atoms with Gasteiger partial charge in [-0.15, -0.1) is 11.3 Å². The van der Waals surface area contributed by atoms with E-state index in [0.717, 1.165) is 29.3 Å². The average Bonchev–Trinajstić information content (AvgIpc) is 2.97. The maximum absolute atomic E-state index is 12.4. The van der Waals surface area contributed by atoms with Gasteiger partial charge in [0.15, 0.2) is 0 Å². The number of aryl methyl sites for hydroxylation is 1. The van der Waals surface area contributed by atoms with Gasteiger partial charge in [-0.3, -0.25) is 10.1 Å². The summed E-state index contributed by atoms with van der Waals surface area (Å²) in [4.78, 5) is 16.9. The number of carbonyl (C=O) groups excluding carboxylic acids is 1. The number of hydrogen-bond acceptors (Lipinski definition) is 6. The van der Waals surface area contributed by atoms with Crippen molar-refractivity contribution in [1.29, 1.82) is 0 Å². The smallest absolute Gasteiger partial charge is 0.326 e. The van der Waals surface area contributed by atoms with Gasteiger partial charge in [-0.05, 0) is 47.0 Å². The number of thioether (sulfide) groups is 1. The Morgan fingerprint density at radius 1 is 1.67 bits per heavy atom. The molecule has 1 N–H and O–H groups in total. The first-order valence-corrected chi connectivity index (χ1v) is 9.25. The van der Waals surface area contributed by atoms with Crippen LogP contribution in [0.1, 0.15) is 45.7 Å². The van der Waals surface area contributed by atoms with Crippen LogP contribution in [0, 0.1) is 6.92 Å². The molecule has 6 heteroatoms. The first-order valence-electron chi connectivity index (χ1n) is 7.49. The van der Waals surface area contributed by atoms with Crippen molar-refractivity contribution in [1.82, 2.24) is 10.3 Å². The highest BCUT2D eigenvalue weighted by atomic mass is 32.2. The third kappa shape index (κ3) is 4.20. The Morgan fingerprint density at radius 3 is 3.00 bits per heavy atom. The summed E-state index contributed by atoms with van der Waals surface area (Å²) >= 11 is 3.48. The SMILES string of the molecule is CCOC(=O)C1(NC(C)C)CCC(Sc2nc(C)cs2)C1. The zero-order valence-electron chi connectivity index (χ0n) is 13.1. The summed E-state index contributed by atoms with van der Waals surface area (Å²) in [5, 5.41) is 5.95. The lowest BCUT2D eigenvalue weighted by atomic mass is 9.96. The number of hydrogen-bond donors (Lipinski definition) is 1. The Labute approximate surface area is 135 Å². The van der Waals surface area contributed by atoms with Crippen molar-refractivity contribution in [2.24, 2.45) is 0 Å². The highest BCUT2D eigenvalue weighted by molar-refractivity contribution is 8.01. The fourth-order valence-corrected chi connectivity index (χ4v) is 5.21. The summed E-state index contributed by atoms with van der Waals surface area (Å²) < 4.78 is 6.41. The number of carbonyl (C=O) groups is 1. The molecule has 4 nitrogen and oxygen atoms in total. The summed E-state index contributed by atoms with van der Waals surface area (Å²) in [5.74, 6) is -0.0999. The minimum absolute atomic E-state index is 0.0999. The average molecular weight is 329 g/mol. The highest BCUT2D eigenvalue weighted by Gasteiger charge is 2.47. The van der Waals surface area contributed by atoms with Gasteiger partial charge in [0.1, 0.15) is 9.88 Å². The number of esters is 1. The van der Waals surface area contributed by atoms with Gasteiger partial charge in [0, 0.05) is 22.4 Å². The van der Waals surface area contributed by atoms with Crippen LogP contribution in [-0.4, -0.2) is 34.4 Å². The Hall–Kier alpha value is -0.590. The molecule has 118 valence electrons. The maximum atomic E-state index is 12.4. The van der Waals surface area contributed by atoms with Crippen LogP contribution in [0.4, 0.5) is 0 Å². The second kappa shape index (κ2) is 7.11. The standard InChI is InChI=1S/C15H24N2O2S2/c1-5-19-13(18)15(17-10(2)3)7-6-12(8-15)21-14-16-11(4)9-20-14/h9-10,12,17H,5-8H2,1-4H3. The van der Waals surface area contributed by atoms with E-state index < -0.39 is 5.54 Å². The van der Waals surface area contributed by atoms with Crippen LogP contribution in [0.5, 0.6) is 0 Å². The number of nitrogens with one attached hydrogen (secondary N) is 1. The lowest BCUT2D eigenvalue weighted by Crippen LogP contribution is -2.54. The Morgan fingerprint density at radius 2 is 2.43 bits per heavy atom. The van der Waals surface area contributed by atoms with Crippen molar-refractivity contribution in [2.75, 3.05) is 6.61 Å². The normalized spacial score (nSPS) is 25.5. The van der Waals surface area contributed by atoms with E-state index in [9.17, 15) is 4.79 Å². The highest BCUT2D eigenvalue weighted by Crippen LogP contribution is 2.41. The Balaban J connectivity index is 2.05. The molecule has 1 aliphatic carbocycles. The van der Waals surface area contributed by atoms with E-state index in [1.165, 1.54) is 0 Å². The second-order valence-electron chi connectivity index (χ2n) is 5.84. The minimum atomic E-state index is -0.520. The van der Waals surface area contributed by atoms with Gasteiger partial charge in [0.2, 0.25) is 0 Å². The first kappa shape index (κ1) is 16.8. The van der Waals surface area contributed by atoms with E-state index >= 15 is 0 Å². The molecule has 0 aromatic carbocycles. The molecular formula is C15H24N2O2S2. The van der Waals surface area contributed by atoms with Crippen molar-refractivity contribution in [2.45, 2.75) is 68.1 Å². The molecule has 1 aliphatic rings. The minimum Gasteiger partial charge on any atom is -0.465 e. The summed E-state index contributed by atoms with van der Waals surface area (Å²) in [7, 11) is 0. The third-order valence-electron chi connectivity index (χ3n) is 3.57. The van der Waals surface area contributed by atoms with Crippen molar-refractivity contribution >= 4 is 29.1 Å². The summed E-state index contributed by atoms with van der Waals surface area (Å²) in [6.45, 7) is 8.46. The lowest BCUT2D eigenvalue weighted by Gasteiger charge is -2.30. The molecule has 0 saturated heterocycles. The van der Waals surface area contributed by atoms with Gasteiger partial charge in [0.05, 0.1) is 6.61 Å². The molecule has 1 saturated carbocycles. The quantitative estimate of drug-likeness (QED) is 0.811. The molecular weight excluding hydrogens is 304 g/mol. The molecule has 0 radical (unpaired) electrons. The van der Waals surface area contributed by atoms with Crippen LogP contribution < -0.4 is 5.32 Å². The molecule has 0 bridgehead atoms. The fourth-order valence-electron chi connectivity index (χ4n) is 2.83. The monoisotopic (exact) mass is 328 g/mol. The largest absolute Gasteiger partial charge is 0.465 e. The maximum Gasteiger partial charge on any atom is 0.326 e. The second-order valence-corrected chi connectivity index (χ2v) is 8.24. The number of rotatable bonds is 6. The van der Waals surface area contributed by atoms with Crippen molar-refractivity contribution in [3.8, 4) is 0 Å². The zero-order valence-corrected chi connectivity index (χ0v) is 14.8. The molecule has 2 rings (SSSR count). The molecule has 1 heterocycles. The lowest BCUT2D eigenvalue weighted by molar-refractivity contribution is -0.151. The van der Waals surface area contributed by atoms with Crippen molar-refractivity contribution < 1.29 is 9.53 Å². The summed E-state index contributed by atoms with van der Waals surface area (Å²) in [6, 6.07) is 0.264. The van der Waals surface area contributed by atoms with Gasteiger partial charge in [-0.2, -0.15) is 0 Å². The van der Waals surface area contributed by atoms with E-state index in [2.05, 4.69) is 29.5 Å². The molecule has 0 aliphatic heterocycles. The van der Waals surface area contributed by atoms with Gasteiger partial charge in [-0.1, -0.05) is 11.8 Å². The Bertz CT molecular complexity index is 490. The van der Waals surface area contributed by atoms with Crippen LogP contribution in [0.2, 0.25) is 0 Å². The van der Waals surface area contributed by atoms with Crippen LogP contribution in [0.25, 0.3) is 0 Å². The molecule has 0 amide bonds. The molecule has 1 fully saturated rings. The fraction of sp³-hybridized carbons (Fsp3) is 0.733. The molecule has 2 atom stereocenters. The van der Waals surface area contributed by atoms with Gasteiger partial charge in [-0.25, -0.2) is 4.98 Å². The van der Waals surface area contributed by atoms with Crippen LogP contribution in [0.15, 0.2) is 9.72 Å². The zero-order chi connectivity index (χ0) is 15.5. The van der Waals surface area contributed by atoms with Crippen LogP contribution >= 0.6 is 23.1 Å². The van der Waals surface area contributed by atoms with Gasteiger partial charge >= 0.3 is 5.97 Å². The van der Waals surface area contributed by atoms with Gasteiger partial charge in [0.25, 0.3) is 0 Å². The van der Waals surface area contributed by atoms with E-state index in [4.69, 9.17) is 4.74 Å². The predicted octanol–water partition coefficient (Wildman–Crippen LogP) is 3.40. The number of thiazole rings is 1. The number of ether oxygens (including phenoxy) is 1. The molecule has 1 aromatic rings. The molecule has 1 aromatic heterocycles. The summed E-state index contributed by atoms with van der Waals surface area (Å²) in [5.41, 5.74) is 0.547. The Kier molecular flexibility index (Phi) is 5.68. The molecule has 21 heavy (non-hydrogen) atoms. The number of nitrogens with zero attached hydrogens (tertiary/aromatic N) is 1. The topological polar surface area (TPSA) is 51.2 Å². The summed E-state index contributed by atoms with van der Waals surface area (Å²) in [6.07, 6.45) is 2.67. The van der Waals surface area contributed by atoms with E-state index in [-0.39, 0.29) is 12.0 Å². The van der Waals surface area contributed by atoms with Crippen molar-refractivity contribution in [3.63, 3.8) is 0 Å². The van der Waals surface area contributed by atoms with Gasteiger partial charge < -0.3 is 4.74 Å². The van der Waals surface area contributed by atoms with Crippen LogP contribution in [-0.2, 0) is 9.53 Å². The first-order chi connectivity index (χ1) is 9.95. The van der Waals surface area contributed by atoms with E-state index in [1.807, 2.05) is 13.8 Å². The van der Waals surface area contributed by atoms with E-state index in [1.54, 1.807) is 23.1 Å².